The van der Waals surface area contributed by atoms with E-state index in [0.717, 1.165) is 25.2 Å². The normalized spacial score (nSPS) is 41.5. The molecule has 2 nitrogen and oxygen atoms in total. The van der Waals surface area contributed by atoms with Gasteiger partial charge in [0.05, 0.1) is 12.5 Å². The van der Waals surface area contributed by atoms with Gasteiger partial charge in [0.15, 0.2) is 0 Å². The van der Waals surface area contributed by atoms with Crippen LogP contribution in [0, 0.1) is 5.92 Å². The molecule has 0 spiro atoms. The van der Waals surface area contributed by atoms with Gasteiger partial charge >= 0.3 is 0 Å². The predicted octanol–water partition coefficient (Wildman–Crippen LogP) is 2.62. The fourth-order valence-electron chi connectivity index (χ4n) is 2.80. The van der Waals surface area contributed by atoms with E-state index < -0.39 is 0 Å². The van der Waals surface area contributed by atoms with Crippen molar-refractivity contribution in [1.29, 1.82) is 0 Å². The van der Waals surface area contributed by atoms with Gasteiger partial charge in [-0.05, 0) is 31.6 Å². The van der Waals surface area contributed by atoms with Crippen LogP contribution in [0.25, 0.3) is 0 Å². The maximum Gasteiger partial charge on any atom is 0.145 e. The van der Waals surface area contributed by atoms with E-state index in [0.29, 0.717) is 0 Å². The highest BCUT2D eigenvalue weighted by molar-refractivity contribution is 5.06. The van der Waals surface area contributed by atoms with Gasteiger partial charge in [0.1, 0.15) is 11.7 Å². The molecular weight excluding hydrogens is 164 g/mol. The zero-order valence-corrected chi connectivity index (χ0v) is 7.87. The molecule has 2 fully saturated rings. The number of rotatable bonds is 4. The van der Waals surface area contributed by atoms with Gasteiger partial charge in [0.25, 0.3) is 0 Å². The van der Waals surface area contributed by atoms with E-state index in [2.05, 4.69) is 13.2 Å². The van der Waals surface area contributed by atoms with E-state index in [1.165, 1.54) is 12.7 Å². The largest absolute Gasteiger partial charge is 0.494 e. The third kappa shape index (κ3) is 1.25. The summed E-state index contributed by atoms with van der Waals surface area (Å²) in [6.45, 7) is 7.22. The highest BCUT2D eigenvalue weighted by atomic mass is 16.5. The van der Waals surface area contributed by atoms with Crippen molar-refractivity contribution in [2.24, 2.45) is 5.92 Å². The second-order valence-corrected chi connectivity index (χ2v) is 3.99. The summed E-state index contributed by atoms with van der Waals surface area (Å²) in [5.41, 5.74) is -0.0827. The zero-order valence-electron chi connectivity index (χ0n) is 7.87. The van der Waals surface area contributed by atoms with E-state index in [-0.39, 0.29) is 11.7 Å². The van der Waals surface area contributed by atoms with Gasteiger partial charge in [-0.1, -0.05) is 13.2 Å². The molecule has 0 aromatic heterocycles. The second-order valence-electron chi connectivity index (χ2n) is 3.99. The van der Waals surface area contributed by atoms with E-state index in [1.807, 2.05) is 0 Å². The quantitative estimate of drug-likeness (QED) is 0.619. The number of fused-ring (bicyclic) bond motifs is 2. The third-order valence-corrected chi connectivity index (χ3v) is 3.32. The predicted molar refractivity (Wildman–Crippen MR) is 51.0 cm³/mol. The Hall–Kier alpha value is -0.920. The highest BCUT2D eigenvalue weighted by Crippen LogP contribution is 2.51. The molecule has 3 unspecified atom stereocenters. The van der Waals surface area contributed by atoms with Gasteiger partial charge in [-0.3, -0.25) is 0 Å². The Balaban J connectivity index is 2.11. The summed E-state index contributed by atoms with van der Waals surface area (Å²) >= 11 is 0. The van der Waals surface area contributed by atoms with Crippen molar-refractivity contribution < 1.29 is 9.47 Å². The van der Waals surface area contributed by atoms with Crippen LogP contribution in [0.3, 0.4) is 0 Å². The fraction of sp³-hybridized carbons (Fsp3) is 0.636. The molecular formula is C11H16O2. The van der Waals surface area contributed by atoms with Crippen molar-refractivity contribution in [3.8, 4) is 0 Å². The summed E-state index contributed by atoms with van der Waals surface area (Å²) in [5.74, 6) is 0.782. The van der Waals surface area contributed by atoms with E-state index in [9.17, 15) is 0 Å². The van der Waals surface area contributed by atoms with E-state index in [1.54, 1.807) is 6.26 Å². The Morgan fingerprint density at radius 3 is 2.77 bits per heavy atom. The maximum absolute atomic E-state index is 5.64. The Bertz CT molecular complexity index is 224. The first-order valence-corrected chi connectivity index (χ1v) is 4.86. The molecule has 0 radical (unpaired) electrons. The molecule has 0 aromatic carbocycles. The minimum absolute atomic E-state index is 0.0827. The first kappa shape index (κ1) is 8.67. The topological polar surface area (TPSA) is 18.5 Å². The van der Waals surface area contributed by atoms with Crippen LogP contribution in [-0.4, -0.2) is 11.7 Å². The monoisotopic (exact) mass is 180 g/mol. The molecule has 0 aliphatic heterocycles. The van der Waals surface area contributed by atoms with Crippen LogP contribution in [0.1, 0.15) is 25.7 Å². The highest BCUT2D eigenvalue weighted by Gasteiger charge is 2.54. The van der Waals surface area contributed by atoms with Crippen LogP contribution in [0.15, 0.2) is 25.7 Å². The summed E-state index contributed by atoms with van der Waals surface area (Å²) in [7, 11) is 0. The maximum atomic E-state index is 5.64. The zero-order chi connectivity index (χ0) is 9.31. The van der Waals surface area contributed by atoms with Crippen molar-refractivity contribution in [2.75, 3.05) is 0 Å². The van der Waals surface area contributed by atoms with Crippen molar-refractivity contribution in [3.05, 3.63) is 25.7 Å². The lowest BCUT2D eigenvalue weighted by atomic mass is 9.94. The number of ether oxygens (including phenoxy) is 2. The Morgan fingerprint density at radius 1 is 1.31 bits per heavy atom. The van der Waals surface area contributed by atoms with E-state index in [4.69, 9.17) is 9.47 Å². The molecule has 0 N–H and O–H groups in total. The van der Waals surface area contributed by atoms with Crippen molar-refractivity contribution in [1.82, 2.24) is 0 Å². The van der Waals surface area contributed by atoms with Gasteiger partial charge < -0.3 is 9.47 Å². The summed E-state index contributed by atoms with van der Waals surface area (Å²) in [4.78, 5) is 0. The first-order chi connectivity index (χ1) is 6.30. The standard InChI is InChI=1S/C11H16O2/c1-3-12-10-7-9-5-6-11(10,8-9)13-4-2/h3-4,9-10H,1-2,5-8H2. The summed E-state index contributed by atoms with van der Waals surface area (Å²) in [6, 6.07) is 0. The van der Waals surface area contributed by atoms with Crippen LogP contribution in [0.2, 0.25) is 0 Å². The van der Waals surface area contributed by atoms with Crippen molar-refractivity contribution in [2.45, 2.75) is 37.4 Å². The van der Waals surface area contributed by atoms with Crippen LogP contribution < -0.4 is 0 Å². The summed E-state index contributed by atoms with van der Waals surface area (Å²) in [6.07, 6.45) is 7.87. The molecule has 0 amide bonds. The molecule has 2 bridgehead atoms. The molecule has 2 rings (SSSR count). The van der Waals surface area contributed by atoms with Crippen LogP contribution in [0.5, 0.6) is 0 Å². The van der Waals surface area contributed by atoms with Crippen LogP contribution in [-0.2, 0) is 9.47 Å². The third-order valence-electron chi connectivity index (χ3n) is 3.32. The van der Waals surface area contributed by atoms with Crippen molar-refractivity contribution in [3.63, 3.8) is 0 Å². The van der Waals surface area contributed by atoms with Gasteiger partial charge in [0, 0.05) is 0 Å². The van der Waals surface area contributed by atoms with Crippen LogP contribution >= 0.6 is 0 Å². The average molecular weight is 180 g/mol. The minimum atomic E-state index is -0.0827. The molecule has 3 atom stereocenters. The lowest BCUT2D eigenvalue weighted by Gasteiger charge is -2.33. The molecule has 2 heteroatoms. The Morgan fingerprint density at radius 2 is 2.15 bits per heavy atom. The summed E-state index contributed by atoms with van der Waals surface area (Å²) < 4.78 is 11.1. The van der Waals surface area contributed by atoms with Gasteiger partial charge in [-0.15, -0.1) is 0 Å². The molecule has 0 aromatic rings. The summed E-state index contributed by atoms with van der Waals surface area (Å²) in [5, 5.41) is 0. The molecule has 72 valence electrons. The first-order valence-electron chi connectivity index (χ1n) is 4.86. The van der Waals surface area contributed by atoms with Gasteiger partial charge in [0.2, 0.25) is 0 Å². The van der Waals surface area contributed by atoms with Gasteiger partial charge in [-0.25, -0.2) is 0 Å². The lowest BCUT2D eigenvalue weighted by molar-refractivity contribution is -0.0704. The fourth-order valence-corrected chi connectivity index (χ4v) is 2.80. The number of hydrogen-bond donors (Lipinski definition) is 0. The Kier molecular flexibility index (Phi) is 2.06. The molecule has 2 saturated carbocycles. The molecule has 2 aliphatic rings. The van der Waals surface area contributed by atoms with Crippen LogP contribution in [0.4, 0.5) is 0 Å². The Labute approximate surface area is 79.2 Å². The molecule has 0 saturated heterocycles. The molecule has 13 heavy (non-hydrogen) atoms. The number of hydrogen-bond acceptors (Lipinski definition) is 2. The van der Waals surface area contributed by atoms with Gasteiger partial charge in [-0.2, -0.15) is 0 Å². The molecule has 0 heterocycles. The second kappa shape index (κ2) is 3.09. The average Bonchev–Trinajstić information content (AvgIpc) is 2.63. The smallest absolute Gasteiger partial charge is 0.145 e. The lowest BCUT2D eigenvalue weighted by Crippen LogP contribution is -2.39. The van der Waals surface area contributed by atoms with E-state index >= 15 is 0 Å². The SMILES string of the molecule is C=COC1CC2CCC1(OC=C)C2. The molecule has 2 aliphatic carbocycles. The van der Waals surface area contributed by atoms with Crippen molar-refractivity contribution >= 4 is 0 Å². The minimum Gasteiger partial charge on any atom is -0.494 e.